The Morgan fingerprint density at radius 1 is 1.28 bits per heavy atom. The fourth-order valence-corrected chi connectivity index (χ4v) is 2.43. The van der Waals surface area contributed by atoms with Crippen molar-refractivity contribution in [3.63, 3.8) is 0 Å². The molecule has 1 aromatic carbocycles. The first-order valence-corrected chi connectivity index (χ1v) is 5.97. The molecule has 0 amide bonds. The molecule has 1 heterocycles. The van der Waals surface area contributed by atoms with Crippen LogP contribution in [0, 0.1) is 11.7 Å². The van der Waals surface area contributed by atoms with Crippen molar-refractivity contribution in [2.75, 3.05) is 13.1 Å². The van der Waals surface area contributed by atoms with Crippen molar-refractivity contribution in [3.05, 3.63) is 35.1 Å². The first-order valence-electron chi connectivity index (χ1n) is 5.97. The molecule has 2 rings (SSSR count). The van der Waals surface area contributed by atoms with Gasteiger partial charge in [-0.15, -0.1) is 0 Å². The normalized spacial score (nSPS) is 25.2. The van der Waals surface area contributed by atoms with Gasteiger partial charge in [0.1, 0.15) is 5.82 Å². The minimum atomic E-state index is -4.63. The van der Waals surface area contributed by atoms with Crippen LogP contribution in [0.25, 0.3) is 0 Å². The van der Waals surface area contributed by atoms with Gasteiger partial charge in [0.15, 0.2) is 0 Å². The minimum Gasteiger partial charge on any atom is -0.316 e. The van der Waals surface area contributed by atoms with Gasteiger partial charge in [-0.25, -0.2) is 4.39 Å². The number of benzene rings is 1. The summed E-state index contributed by atoms with van der Waals surface area (Å²) in [6, 6.07) is 3.32. The minimum absolute atomic E-state index is 0.0143. The summed E-state index contributed by atoms with van der Waals surface area (Å²) in [6.07, 6.45) is -3.71. The number of piperidine rings is 1. The lowest BCUT2D eigenvalue weighted by Gasteiger charge is -2.30. The molecule has 1 N–H and O–H groups in total. The van der Waals surface area contributed by atoms with Crippen LogP contribution in [-0.2, 0) is 6.18 Å². The zero-order chi connectivity index (χ0) is 13.3. The van der Waals surface area contributed by atoms with E-state index in [9.17, 15) is 17.6 Å². The van der Waals surface area contributed by atoms with Gasteiger partial charge in [-0.1, -0.05) is 13.0 Å². The van der Waals surface area contributed by atoms with E-state index in [1.807, 2.05) is 6.92 Å². The lowest BCUT2D eigenvalue weighted by Crippen LogP contribution is -2.34. The molecule has 0 radical (unpaired) electrons. The third kappa shape index (κ3) is 2.66. The van der Waals surface area contributed by atoms with Crippen LogP contribution in [0.15, 0.2) is 18.2 Å². The van der Waals surface area contributed by atoms with Crippen LogP contribution in [0.4, 0.5) is 17.6 Å². The fraction of sp³-hybridized carbons (Fsp3) is 0.538. The van der Waals surface area contributed by atoms with Gasteiger partial charge in [-0.2, -0.15) is 13.2 Å². The molecular weight excluding hydrogens is 246 g/mol. The van der Waals surface area contributed by atoms with Gasteiger partial charge >= 0.3 is 6.18 Å². The summed E-state index contributed by atoms with van der Waals surface area (Å²) in [4.78, 5) is 0. The molecule has 5 heteroatoms. The molecule has 18 heavy (non-hydrogen) atoms. The van der Waals surface area contributed by atoms with E-state index in [0.29, 0.717) is 18.0 Å². The van der Waals surface area contributed by atoms with Gasteiger partial charge in [0.25, 0.3) is 0 Å². The van der Waals surface area contributed by atoms with E-state index in [0.717, 1.165) is 25.1 Å². The Morgan fingerprint density at radius 3 is 2.61 bits per heavy atom. The molecular formula is C13H15F4N. The number of hydrogen-bond donors (Lipinski definition) is 1. The van der Waals surface area contributed by atoms with Crippen LogP contribution in [0.1, 0.15) is 30.4 Å². The molecule has 2 atom stereocenters. The van der Waals surface area contributed by atoms with Crippen molar-refractivity contribution < 1.29 is 17.6 Å². The van der Waals surface area contributed by atoms with E-state index in [2.05, 4.69) is 5.32 Å². The summed E-state index contributed by atoms with van der Waals surface area (Å²) < 4.78 is 51.1. The number of nitrogens with one attached hydrogen (secondary N) is 1. The number of rotatable bonds is 1. The lowest BCUT2D eigenvalue weighted by molar-refractivity contribution is -0.140. The largest absolute Gasteiger partial charge is 0.419 e. The van der Waals surface area contributed by atoms with Gasteiger partial charge in [0.2, 0.25) is 0 Å². The molecule has 0 bridgehead atoms. The number of alkyl halides is 3. The highest BCUT2D eigenvalue weighted by molar-refractivity contribution is 5.30. The molecule has 0 saturated carbocycles. The Morgan fingerprint density at radius 2 is 2.00 bits per heavy atom. The molecule has 1 aromatic rings. The molecule has 100 valence electrons. The first kappa shape index (κ1) is 13.3. The summed E-state index contributed by atoms with van der Waals surface area (Å²) in [5.74, 6) is -0.888. The third-order valence-corrected chi connectivity index (χ3v) is 3.55. The second-order valence-corrected chi connectivity index (χ2v) is 4.81. The van der Waals surface area contributed by atoms with Crippen LogP contribution in [0.5, 0.6) is 0 Å². The SMILES string of the molecule is CC1CCNCC1c1ccc(F)c(C(F)(F)F)c1. The van der Waals surface area contributed by atoms with Gasteiger partial charge in [0.05, 0.1) is 5.56 Å². The van der Waals surface area contributed by atoms with Gasteiger partial charge in [0, 0.05) is 6.54 Å². The van der Waals surface area contributed by atoms with E-state index in [1.54, 1.807) is 0 Å². The average Bonchev–Trinajstić information content (AvgIpc) is 2.29. The molecule has 0 spiro atoms. The zero-order valence-electron chi connectivity index (χ0n) is 10.0. The highest BCUT2D eigenvalue weighted by Crippen LogP contribution is 2.35. The van der Waals surface area contributed by atoms with E-state index < -0.39 is 17.6 Å². The molecule has 1 aliphatic rings. The molecule has 1 nitrogen and oxygen atoms in total. The molecule has 1 saturated heterocycles. The van der Waals surface area contributed by atoms with Crippen molar-refractivity contribution in [2.45, 2.75) is 25.4 Å². The molecule has 1 aliphatic heterocycles. The van der Waals surface area contributed by atoms with E-state index in [-0.39, 0.29) is 5.92 Å². The first-order chi connectivity index (χ1) is 8.39. The lowest BCUT2D eigenvalue weighted by atomic mass is 9.82. The smallest absolute Gasteiger partial charge is 0.316 e. The maximum Gasteiger partial charge on any atom is 0.419 e. The second-order valence-electron chi connectivity index (χ2n) is 4.81. The fourth-order valence-electron chi connectivity index (χ4n) is 2.43. The Hall–Kier alpha value is -1.10. The second kappa shape index (κ2) is 4.88. The quantitative estimate of drug-likeness (QED) is 0.762. The van der Waals surface area contributed by atoms with E-state index in [4.69, 9.17) is 0 Å². The predicted molar refractivity (Wildman–Crippen MR) is 60.8 cm³/mol. The Bertz CT molecular complexity index is 427. The standard InChI is InChI=1S/C13H15F4N/c1-8-4-5-18-7-10(8)9-2-3-12(14)11(6-9)13(15,16)17/h2-3,6,8,10,18H,4-5,7H2,1H3. The van der Waals surface area contributed by atoms with Crippen molar-refractivity contribution in [1.29, 1.82) is 0 Å². The van der Waals surface area contributed by atoms with Crippen LogP contribution >= 0.6 is 0 Å². The monoisotopic (exact) mass is 261 g/mol. The molecule has 0 aliphatic carbocycles. The highest BCUT2D eigenvalue weighted by atomic mass is 19.4. The van der Waals surface area contributed by atoms with Crippen molar-refractivity contribution in [3.8, 4) is 0 Å². The summed E-state index contributed by atoms with van der Waals surface area (Å²) in [5.41, 5.74) is -0.610. The van der Waals surface area contributed by atoms with Crippen molar-refractivity contribution in [2.24, 2.45) is 5.92 Å². The third-order valence-electron chi connectivity index (χ3n) is 3.55. The predicted octanol–water partition coefficient (Wildman–Crippen LogP) is 3.56. The van der Waals surface area contributed by atoms with Gasteiger partial charge in [-0.05, 0) is 42.5 Å². The topological polar surface area (TPSA) is 12.0 Å². The molecule has 1 fully saturated rings. The highest BCUT2D eigenvalue weighted by Gasteiger charge is 2.35. The Balaban J connectivity index is 2.34. The summed E-state index contributed by atoms with van der Waals surface area (Å²) in [6.45, 7) is 3.54. The maximum absolute atomic E-state index is 13.2. The van der Waals surface area contributed by atoms with Crippen LogP contribution in [0.3, 0.4) is 0 Å². The van der Waals surface area contributed by atoms with E-state index in [1.165, 1.54) is 6.07 Å². The van der Waals surface area contributed by atoms with Crippen LogP contribution in [0.2, 0.25) is 0 Å². The number of hydrogen-bond acceptors (Lipinski definition) is 1. The average molecular weight is 261 g/mol. The van der Waals surface area contributed by atoms with Crippen LogP contribution in [-0.4, -0.2) is 13.1 Å². The summed E-state index contributed by atoms with van der Waals surface area (Å²) in [7, 11) is 0. The Labute approximate surface area is 103 Å². The summed E-state index contributed by atoms with van der Waals surface area (Å²) in [5, 5.41) is 3.16. The van der Waals surface area contributed by atoms with Crippen molar-refractivity contribution in [1.82, 2.24) is 5.32 Å². The van der Waals surface area contributed by atoms with Crippen molar-refractivity contribution >= 4 is 0 Å². The van der Waals surface area contributed by atoms with Crippen LogP contribution < -0.4 is 5.32 Å². The number of halogens is 4. The van der Waals surface area contributed by atoms with Gasteiger partial charge < -0.3 is 5.32 Å². The Kier molecular flexibility index (Phi) is 3.61. The van der Waals surface area contributed by atoms with E-state index >= 15 is 0 Å². The summed E-state index contributed by atoms with van der Waals surface area (Å²) >= 11 is 0. The zero-order valence-corrected chi connectivity index (χ0v) is 10.0. The molecule has 0 aromatic heterocycles. The molecule has 2 unspecified atom stereocenters. The van der Waals surface area contributed by atoms with Gasteiger partial charge in [-0.3, -0.25) is 0 Å². The maximum atomic E-state index is 13.2.